The normalized spacial score (nSPS) is 18.4. The number of fused-ring (bicyclic) bond motifs is 1. The van der Waals surface area contributed by atoms with E-state index in [1.165, 1.54) is 0 Å². The van der Waals surface area contributed by atoms with E-state index >= 15 is 0 Å². The molecule has 0 N–H and O–H groups in total. The maximum Gasteiger partial charge on any atom is 0.416 e. The molecule has 1 atom stereocenters. The minimum absolute atomic E-state index is 0.207. The van der Waals surface area contributed by atoms with Crippen molar-refractivity contribution in [2.24, 2.45) is 0 Å². The number of hydrogen-bond acceptors (Lipinski definition) is 6. The zero-order valence-electron chi connectivity index (χ0n) is 23.4. The van der Waals surface area contributed by atoms with E-state index in [0.29, 0.717) is 12.6 Å². The van der Waals surface area contributed by atoms with E-state index in [4.69, 9.17) is 14.5 Å². The summed E-state index contributed by atoms with van der Waals surface area (Å²) in [6.07, 6.45) is 6.52. The van der Waals surface area contributed by atoms with Crippen molar-refractivity contribution >= 4 is 18.0 Å². The van der Waals surface area contributed by atoms with Crippen molar-refractivity contribution in [1.29, 1.82) is 0 Å². The number of likely N-dealkylation sites (tertiary alicyclic amines) is 1. The first-order valence-corrected chi connectivity index (χ1v) is 13.5. The van der Waals surface area contributed by atoms with Crippen molar-refractivity contribution in [3.8, 4) is 0 Å². The molecule has 2 amide bonds. The molecule has 3 heterocycles. The fourth-order valence-electron chi connectivity index (χ4n) is 4.73. The second-order valence-electron chi connectivity index (χ2n) is 12.2. The van der Waals surface area contributed by atoms with Crippen LogP contribution in [0.3, 0.4) is 0 Å². The molecule has 202 valence electrons. The smallest absolute Gasteiger partial charge is 0.416 e. The van der Waals surface area contributed by atoms with Gasteiger partial charge in [-0.2, -0.15) is 0 Å². The summed E-state index contributed by atoms with van der Waals surface area (Å²) >= 11 is 0. The molecule has 8 nitrogen and oxygen atoms in total. The molecule has 1 saturated heterocycles. The van der Waals surface area contributed by atoms with Crippen LogP contribution >= 0.6 is 0 Å². The lowest BCUT2D eigenvalue weighted by atomic mass is 10.0. The Balaban J connectivity index is 1.42. The Labute approximate surface area is 217 Å². The summed E-state index contributed by atoms with van der Waals surface area (Å²) in [7, 11) is 2.15. The van der Waals surface area contributed by atoms with Gasteiger partial charge in [0.25, 0.3) is 0 Å². The number of unbranched alkanes of at least 4 members (excludes halogenated alkanes) is 2. The molecular weight excluding hydrogens is 456 g/mol. The number of ether oxygens (including phenoxy) is 2. The highest BCUT2D eigenvalue weighted by atomic mass is 16.6. The zero-order chi connectivity index (χ0) is 26.5. The van der Waals surface area contributed by atoms with Crippen molar-refractivity contribution in [3.05, 3.63) is 23.4 Å². The van der Waals surface area contributed by atoms with E-state index in [1.807, 2.05) is 46.4 Å². The topological polar surface area (TPSA) is 75.2 Å². The number of aryl methyl sites for hydroxylation is 2. The lowest BCUT2D eigenvalue weighted by Gasteiger charge is -2.31. The second-order valence-corrected chi connectivity index (χ2v) is 12.2. The summed E-state index contributed by atoms with van der Waals surface area (Å²) in [6.45, 7) is 14.5. The van der Waals surface area contributed by atoms with Crippen molar-refractivity contribution in [1.82, 2.24) is 14.8 Å². The number of nitrogens with zero attached hydrogens (tertiary/aromatic N) is 4. The van der Waals surface area contributed by atoms with Gasteiger partial charge in [0.15, 0.2) is 0 Å². The summed E-state index contributed by atoms with van der Waals surface area (Å²) in [6, 6.07) is 4.62. The van der Waals surface area contributed by atoms with Gasteiger partial charge in [-0.15, -0.1) is 0 Å². The minimum atomic E-state index is -0.522. The molecule has 8 heteroatoms. The quantitative estimate of drug-likeness (QED) is 0.463. The Morgan fingerprint density at radius 1 is 1.00 bits per heavy atom. The molecule has 1 aromatic heterocycles. The van der Waals surface area contributed by atoms with Crippen LogP contribution in [0.4, 0.5) is 15.4 Å². The number of aromatic nitrogens is 1. The molecule has 0 radical (unpaired) electrons. The van der Waals surface area contributed by atoms with Gasteiger partial charge in [-0.1, -0.05) is 12.5 Å². The van der Waals surface area contributed by atoms with Crippen molar-refractivity contribution < 1.29 is 19.1 Å². The van der Waals surface area contributed by atoms with Crippen molar-refractivity contribution in [3.63, 3.8) is 0 Å². The van der Waals surface area contributed by atoms with E-state index in [1.54, 1.807) is 4.90 Å². The Morgan fingerprint density at radius 3 is 2.39 bits per heavy atom. The fourth-order valence-corrected chi connectivity index (χ4v) is 4.73. The predicted octanol–water partition coefficient (Wildman–Crippen LogP) is 5.42. The summed E-state index contributed by atoms with van der Waals surface area (Å²) in [5.74, 6) is 0.767. The number of amides is 2. The Bertz CT molecular complexity index is 906. The van der Waals surface area contributed by atoms with Crippen LogP contribution < -0.4 is 4.90 Å². The molecule has 0 bridgehead atoms. The van der Waals surface area contributed by atoms with Gasteiger partial charge in [0.2, 0.25) is 0 Å². The van der Waals surface area contributed by atoms with Crippen LogP contribution in [0.25, 0.3) is 0 Å². The van der Waals surface area contributed by atoms with Crippen LogP contribution in [0.2, 0.25) is 0 Å². The number of likely N-dealkylation sites (N-methyl/N-ethyl adjacent to an activating group) is 1. The predicted molar refractivity (Wildman–Crippen MR) is 143 cm³/mol. The third-order valence-corrected chi connectivity index (χ3v) is 6.59. The molecule has 0 spiro atoms. The molecule has 1 aromatic rings. The maximum atomic E-state index is 12.7. The van der Waals surface area contributed by atoms with Gasteiger partial charge < -0.3 is 19.3 Å². The SMILES string of the molecule is CN(CCCCCc1ccc2c(n1)N(C(=O)OC(C)(C)C)CCC2)[C@@H]1CCN(C(=O)OC(C)(C)C)C1. The van der Waals surface area contributed by atoms with Gasteiger partial charge in [-0.25, -0.2) is 14.6 Å². The molecular formula is C28H46N4O4. The van der Waals surface area contributed by atoms with E-state index < -0.39 is 11.2 Å². The van der Waals surface area contributed by atoms with Gasteiger partial charge in [-0.05, 0) is 105 Å². The molecule has 3 rings (SSSR count). The van der Waals surface area contributed by atoms with Crippen molar-refractivity contribution in [2.45, 2.75) is 104 Å². The first-order chi connectivity index (χ1) is 16.8. The zero-order valence-corrected chi connectivity index (χ0v) is 23.4. The molecule has 36 heavy (non-hydrogen) atoms. The Kier molecular flexibility index (Phi) is 9.25. The lowest BCUT2D eigenvalue weighted by molar-refractivity contribution is 0.0282. The van der Waals surface area contributed by atoms with Gasteiger partial charge >= 0.3 is 12.2 Å². The number of rotatable bonds is 7. The van der Waals surface area contributed by atoms with Crippen LogP contribution in [-0.2, 0) is 22.3 Å². The fraction of sp³-hybridized carbons (Fsp3) is 0.750. The molecule has 2 aliphatic heterocycles. The molecule has 0 aromatic carbocycles. The van der Waals surface area contributed by atoms with E-state index in [9.17, 15) is 9.59 Å². The number of carbonyl (C=O) groups excluding carboxylic acids is 2. The Hall–Kier alpha value is -2.35. The van der Waals surface area contributed by atoms with Crippen LogP contribution in [0.1, 0.15) is 84.9 Å². The maximum absolute atomic E-state index is 12.7. The summed E-state index contributed by atoms with van der Waals surface area (Å²) in [5.41, 5.74) is 1.17. The molecule has 2 aliphatic rings. The Morgan fingerprint density at radius 2 is 1.69 bits per heavy atom. The lowest BCUT2D eigenvalue weighted by Crippen LogP contribution is -2.40. The summed E-state index contributed by atoms with van der Waals surface area (Å²) in [4.78, 5) is 35.8. The molecule has 1 fully saturated rings. The third kappa shape index (κ3) is 8.36. The highest BCUT2D eigenvalue weighted by molar-refractivity contribution is 5.88. The highest BCUT2D eigenvalue weighted by Gasteiger charge is 2.31. The average molecular weight is 503 g/mol. The van der Waals surface area contributed by atoms with Crippen LogP contribution in [-0.4, -0.2) is 77.4 Å². The van der Waals surface area contributed by atoms with Crippen LogP contribution in [0, 0.1) is 0 Å². The molecule has 0 unspecified atom stereocenters. The number of hydrogen-bond donors (Lipinski definition) is 0. The standard InChI is InChI=1S/C28H46N4O4/c1-27(2,3)35-25(33)31-19-16-23(20-31)30(7)17-10-8-9-13-22-15-14-21-12-11-18-32(24(21)29-22)26(34)36-28(4,5)6/h14-15,23H,8-13,16-20H2,1-7H3/t23-/m1/s1. The number of anilines is 1. The van der Waals surface area contributed by atoms with Crippen LogP contribution in [0.15, 0.2) is 12.1 Å². The minimum Gasteiger partial charge on any atom is -0.444 e. The molecule has 0 aliphatic carbocycles. The first-order valence-electron chi connectivity index (χ1n) is 13.5. The van der Waals surface area contributed by atoms with Gasteiger partial charge in [0, 0.05) is 31.4 Å². The second kappa shape index (κ2) is 11.8. The monoisotopic (exact) mass is 502 g/mol. The average Bonchev–Trinajstić information content (AvgIpc) is 3.26. The van der Waals surface area contributed by atoms with E-state index in [2.05, 4.69) is 24.1 Å². The van der Waals surface area contributed by atoms with Crippen LogP contribution in [0.5, 0.6) is 0 Å². The summed E-state index contributed by atoms with van der Waals surface area (Å²) in [5, 5.41) is 0. The number of pyridine rings is 1. The van der Waals surface area contributed by atoms with Gasteiger partial charge in [-0.3, -0.25) is 4.90 Å². The van der Waals surface area contributed by atoms with Gasteiger partial charge in [0.1, 0.15) is 17.0 Å². The summed E-state index contributed by atoms with van der Waals surface area (Å²) < 4.78 is 11.1. The van der Waals surface area contributed by atoms with Gasteiger partial charge in [0.05, 0.1) is 0 Å². The molecule has 0 saturated carbocycles. The van der Waals surface area contributed by atoms with E-state index in [0.717, 1.165) is 81.7 Å². The highest BCUT2D eigenvalue weighted by Crippen LogP contribution is 2.27. The number of carbonyl (C=O) groups is 2. The third-order valence-electron chi connectivity index (χ3n) is 6.59. The van der Waals surface area contributed by atoms with E-state index in [-0.39, 0.29) is 12.2 Å². The first kappa shape index (κ1) is 28.2. The van der Waals surface area contributed by atoms with Crippen molar-refractivity contribution in [2.75, 3.05) is 38.1 Å². The largest absolute Gasteiger partial charge is 0.444 e.